The molecule has 0 atom stereocenters. The smallest absolute Gasteiger partial charge is 0.338 e. The second-order valence-electron chi connectivity index (χ2n) is 6.65. The third-order valence-electron chi connectivity index (χ3n) is 3.89. The third-order valence-corrected chi connectivity index (χ3v) is 4.20. The molecule has 0 aliphatic heterocycles. The molecule has 1 N–H and O–H groups in total. The lowest BCUT2D eigenvalue weighted by Crippen LogP contribution is -2.21. The van der Waals surface area contributed by atoms with Crippen molar-refractivity contribution in [3.63, 3.8) is 0 Å². The lowest BCUT2D eigenvalue weighted by Gasteiger charge is -2.13. The molecule has 0 saturated carbocycles. The van der Waals surface area contributed by atoms with Crippen LogP contribution in [0.25, 0.3) is 0 Å². The fraction of sp³-hybridized carbons (Fsp3) is 0.333. The molecule has 0 spiro atoms. The summed E-state index contributed by atoms with van der Waals surface area (Å²) >= 11 is 5.85. The van der Waals surface area contributed by atoms with Gasteiger partial charge in [-0.2, -0.15) is 0 Å². The number of halogens is 2. The number of benzene rings is 2. The third kappa shape index (κ3) is 6.94. The molecule has 0 fully saturated rings. The van der Waals surface area contributed by atoms with Gasteiger partial charge in [-0.05, 0) is 48.7 Å². The van der Waals surface area contributed by atoms with Gasteiger partial charge in [-0.15, -0.1) is 0 Å². The molecule has 2 rings (SSSR count). The molecule has 2 aromatic rings. The van der Waals surface area contributed by atoms with Crippen molar-refractivity contribution in [1.29, 1.82) is 0 Å². The highest BCUT2D eigenvalue weighted by Crippen LogP contribution is 2.29. The van der Waals surface area contributed by atoms with Crippen molar-refractivity contribution in [3.05, 3.63) is 52.8 Å². The fourth-order valence-corrected chi connectivity index (χ4v) is 2.52. The minimum Gasteiger partial charge on any atom is -0.493 e. The Morgan fingerprint density at radius 1 is 1.14 bits per heavy atom. The van der Waals surface area contributed by atoms with Gasteiger partial charge in [0, 0.05) is 0 Å². The Morgan fingerprint density at radius 2 is 1.90 bits per heavy atom. The molecule has 0 aromatic heterocycles. The van der Waals surface area contributed by atoms with Crippen molar-refractivity contribution in [2.75, 3.05) is 25.6 Å². The van der Waals surface area contributed by atoms with E-state index in [1.807, 2.05) is 0 Å². The van der Waals surface area contributed by atoms with E-state index in [0.717, 1.165) is 18.6 Å². The molecule has 2 aromatic carbocycles. The number of methoxy groups -OCH3 is 1. The van der Waals surface area contributed by atoms with Gasteiger partial charge in [0.1, 0.15) is 5.82 Å². The molecule has 156 valence electrons. The largest absolute Gasteiger partial charge is 0.493 e. The van der Waals surface area contributed by atoms with E-state index in [4.69, 9.17) is 25.8 Å². The van der Waals surface area contributed by atoms with Crippen molar-refractivity contribution in [2.24, 2.45) is 5.92 Å². The SMILES string of the molecule is COc1cc(C(=O)OCC(=O)Nc2ccc(F)cc2Cl)ccc1OCCC(C)C. The lowest BCUT2D eigenvalue weighted by molar-refractivity contribution is -0.119. The average Bonchev–Trinajstić information content (AvgIpc) is 2.68. The Hall–Kier alpha value is -2.80. The van der Waals surface area contributed by atoms with Crippen LogP contribution in [0.2, 0.25) is 5.02 Å². The van der Waals surface area contributed by atoms with E-state index in [1.165, 1.54) is 25.3 Å². The summed E-state index contributed by atoms with van der Waals surface area (Å²) in [7, 11) is 1.47. The molecular weight excluding hydrogens is 401 g/mol. The summed E-state index contributed by atoms with van der Waals surface area (Å²) in [5.74, 6) is -0.403. The van der Waals surface area contributed by atoms with Gasteiger partial charge in [-0.3, -0.25) is 4.79 Å². The van der Waals surface area contributed by atoms with E-state index in [-0.39, 0.29) is 16.3 Å². The van der Waals surface area contributed by atoms with Gasteiger partial charge < -0.3 is 19.5 Å². The highest BCUT2D eigenvalue weighted by molar-refractivity contribution is 6.33. The number of carbonyl (C=O) groups is 2. The van der Waals surface area contributed by atoms with Crippen LogP contribution in [0, 0.1) is 11.7 Å². The van der Waals surface area contributed by atoms with Crippen LogP contribution < -0.4 is 14.8 Å². The number of carbonyl (C=O) groups excluding carboxylic acids is 2. The number of rotatable bonds is 9. The molecule has 0 radical (unpaired) electrons. The molecule has 0 saturated heterocycles. The summed E-state index contributed by atoms with van der Waals surface area (Å²) in [5, 5.41) is 2.49. The molecule has 29 heavy (non-hydrogen) atoms. The second-order valence-corrected chi connectivity index (χ2v) is 7.05. The molecule has 0 bridgehead atoms. The maximum Gasteiger partial charge on any atom is 0.338 e. The predicted molar refractivity (Wildman–Crippen MR) is 108 cm³/mol. The zero-order chi connectivity index (χ0) is 21.4. The maximum absolute atomic E-state index is 13.0. The van der Waals surface area contributed by atoms with Crippen LogP contribution in [0.4, 0.5) is 10.1 Å². The van der Waals surface area contributed by atoms with Crippen molar-refractivity contribution >= 4 is 29.2 Å². The second kappa shape index (κ2) is 10.7. The molecule has 8 heteroatoms. The van der Waals surface area contributed by atoms with E-state index in [1.54, 1.807) is 6.07 Å². The van der Waals surface area contributed by atoms with Crippen molar-refractivity contribution < 1.29 is 28.2 Å². The van der Waals surface area contributed by atoms with E-state index in [9.17, 15) is 14.0 Å². The number of amides is 1. The summed E-state index contributed by atoms with van der Waals surface area (Å²) in [6, 6.07) is 8.19. The maximum atomic E-state index is 13.0. The molecule has 0 heterocycles. The molecule has 0 unspecified atom stereocenters. The fourth-order valence-electron chi connectivity index (χ4n) is 2.31. The Balaban J connectivity index is 1.93. The predicted octanol–water partition coefficient (Wildman–Crippen LogP) is 4.71. The molecule has 0 aliphatic rings. The number of esters is 1. The first-order valence-corrected chi connectivity index (χ1v) is 9.40. The summed E-state index contributed by atoms with van der Waals surface area (Å²) in [4.78, 5) is 24.2. The summed E-state index contributed by atoms with van der Waals surface area (Å²) < 4.78 is 29.0. The minimum absolute atomic E-state index is 0.0440. The van der Waals surface area contributed by atoms with Crippen molar-refractivity contribution in [2.45, 2.75) is 20.3 Å². The van der Waals surface area contributed by atoms with E-state index < -0.39 is 24.3 Å². The van der Waals surface area contributed by atoms with E-state index in [2.05, 4.69) is 19.2 Å². The van der Waals surface area contributed by atoms with Gasteiger partial charge in [0.2, 0.25) is 0 Å². The Bertz CT molecular complexity index is 872. The van der Waals surface area contributed by atoms with Crippen LogP contribution in [0.15, 0.2) is 36.4 Å². The number of hydrogen-bond acceptors (Lipinski definition) is 5. The molecule has 1 amide bonds. The summed E-state index contributed by atoms with van der Waals surface area (Å²) in [6.45, 7) is 4.20. The van der Waals surface area contributed by atoms with Crippen LogP contribution in [0.5, 0.6) is 11.5 Å². The number of anilines is 1. The number of hydrogen-bond donors (Lipinski definition) is 1. The highest BCUT2D eigenvalue weighted by Gasteiger charge is 2.15. The van der Waals surface area contributed by atoms with Crippen LogP contribution in [0.1, 0.15) is 30.6 Å². The summed E-state index contributed by atoms with van der Waals surface area (Å²) in [5.41, 5.74) is 0.435. The van der Waals surface area contributed by atoms with Gasteiger partial charge >= 0.3 is 5.97 Å². The standard InChI is InChI=1S/C21H23ClFNO5/c1-13(2)8-9-28-18-7-4-14(10-19(18)27-3)21(26)29-12-20(25)24-17-6-5-15(23)11-16(17)22/h4-7,10-11,13H,8-9,12H2,1-3H3,(H,24,25). The van der Waals surface area contributed by atoms with Crippen LogP contribution in [-0.4, -0.2) is 32.2 Å². The number of ether oxygens (including phenoxy) is 3. The van der Waals surface area contributed by atoms with Crippen LogP contribution in [-0.2, 0) is 9.53 Å². The Kier molecular flexibility index (Phi) is 8.27. The first-order valence-electron chi connectivity index (χ1n) is 9.03. The topological polar surface area (TPSA) is 73.9 Å². The zero-order valence-electron chi connectivity index (χ0n) is 16.5. The van der Waals surface area contributed by atoms with Gasteiger partial charge in [0.25, 0.3) is 5.91 Å². The van der Waals surface area contributed by atoms with Gasteiger partial charge in [0.05, 0.1) is 30.0 Å². The van der Waals surface area contributed by atoms with Gasteiger partial charge in [-0.1, -0.05) is 25.4 Å². The zero-order valence-corrected chi connectivity index (χ0v) is 17.2. The molecule has 6 nitrogen and oxygen atoms in total. The highest BCUT2D eigenvalue weighted by atomic mass is 35.5. The van der Waals surface area contributed by atoms with Crippen LogP contribution >= 0.6 is 11.6 Å². The van der Waals surface area contributed by atoms with E-state index >= 15 is 0 Å². The first kappa shape index (κ1) is 22.5. The monoisotopic (exact) mass is 423 g/mol. The lowest BCUT2D eigenvalue weighted by atomic mass is 10.1. The molecule has 0 aliphatic carbocycles. The van der Waals surface area contributed by atoms with Crippen molar-refractivity contribution in [1.82, 2.24) is 0 Å². The molecular formula is C21H23ClFNO5. The number of nitrogens with one attached hydrogen (secondary N) is 1. The first-order chi connectivity index (χ1) is 13.8. The van der Waals surface area contributed by atoms with E-state index in [0.29, 0.717) is 24.0 Å². The van der Waals surface area contributed by atoms with Gasteiger partial charge in [-0.25, -0.2) is 9.18 Å². The Labute approximate surface area is 173 Å². The minimum atomic E-state index is -0.697. The quantitative estimate of drug-likeness (QED) is 0.591. The van der Waals surface area contributed by atoms with Gasteiger partial charge in [0.15, 0.2) is 18.1 Å². The Morgan fingerprint density at radius 3 is 2.55 bits per heavy atom. The van der Waals surface area contributed by atoms with Crippen molar-refractivity contribution in [3.8, 4) is 11.5 Å². The summed E-state index contributed by atoms with van der Waals surface area (Å²) in [6.07, 6.45) is 0.889. The van der Waals surface area contributed by atoms with Crippen LogP contribution in [0.3, 0.4) is 0 Å². The average molecular weight is 424 g/mol. The normalized spacial score (nSPS) is 10.6.